The van der Waals surface area contributed by atoms with E-state index in [4.69, 9.17) is 9.84 Å². The quantitative estimate of drug-likeness (QED) is 0.753. The Morgan fingerprint density at radius 3 is 1.86 bits per heavy atom. The summed E-state index contributed by atoms with van der Waals surface area (Å²) in [6, 6.07) is 7.23. The third-order valence-corrected chi connectivity index (χ3v) is 3.98. The molecule has 130 valence electrons. The molecule has 0 saturated heterocycles. The predicted molar refractivity (Wildman–Crippen MR) is 100 cm³/mol. The molecule has 1 aromatic carbocycles. The molecule has 0 bridgehead atoms. The van der Waals surface area contributed by atoms with Crippen molar-refractivity contribution >= 4 is 11.8 Å². The number of rotatable bonds is 6. The summed E-state index contributed by atoms with van der Waals surface area (Å²) in [6.07, 6.45) is 0. The number of nitrogens with zero attached hydrogens (tertiary/aromatic N) is 1. The summed E-state index contributed by atoms with van der Waals surface area (Å²) < 4.78 is 5.19. The van der Waals surface area contributed by atoms with Crippen molar-refractivity contribution in [3.05, 3.63) is 24.3 Å². The van der Waals surface area contributed by atoms with Crippen LogP contribution in [0.4, 0.5) is 0 Å². The van der Waals surface area contributed by atoms with Crippen LogP contribution >= 0.6 is 11.8 Å². The summed E-state index contributed by atoms with van der Waals surface area (Å²) >= 11 is 1.74. The van der Waals surface area contributed by atoms with Gasteiger partial charge in [0.15, 0.2) is 0 Å². The van der Waals surface area contributed by atoms with Gasteiger partial charge in [0.1, 0.15) is 5.75 Å². The fourth-order valence-electron chi connectivity index (χ4n) is 1.43. The van der Waals surface area contributed by atoms with Crippen LogP contribution in [-0.2, 0) is 4.74 Å². The number of hydrogen-bond acceptors (Lipinski definition) is 4. The maximum atomic E-state index is 9.12. The summed E-state index contributed by atoms with van der Waals surface area (Å²) in [5.41, 5.74) is 0. The second-order valence-electron chi connectivity index (χ2n) is 5.28. The normalized spacial score (nSPS) is 10.4. The predicted octanol–water partition coefficient (Wildman–Crippen LogP) is 4.89. The molecule has 4 heteroatoms. The monoisotopic (exact) mass is 329 g/mol. The van der Waals surface area contributed by atoms with Gasteiger partial charge < -0.3 is 14.7 Å². The van der Waals surface area contributed by atoms with Gasteiger partial charge in [-0.2, -0.15) is 0 Å². The van der Waals surface area contributed by atoms with Crippen LogP contribution in [0.15, 0.2) is 29.2 Å². The van der Waals surface area contributed by atoms with Crippen LogP contribution in [0.1, 0.15) is 41.5 Å². The van der Waals surface area contributed by atoms with Crippen LogP contribution in [0.2, 0.25) is 0 Å². The first kappa shape index (κ1) is 23.6. The van der Waals surface area contributed by atoms with E-state index in [1.54, 1.807) is 31.0 Å². The molecule has 1 aromatic rings. The molecule has 0 radical (unpaired) electrons. The van der Waals surface area contributed by atoms with E-state index < -0.39 is 0 Å². The average molecular weight is 330 g/mol. The number of thioether (sulfide) groups is 1. The lowest BCUT2D eigenvalue weighted by Gasteiger charge is -2.22. The Kier molecular flexibility index (Phi) is 14.9. The third kappa shape index (κ3) is 13.0. The number of methoxy groups -OCH3 is 1. The van der Waals surface area contributed by atoms with Crippen molar-refractivity contribution in [1.82, 2.24) is 4.90 Å². The molecule has 1 N–H and O–H groups in total. The Hall–Kier alpha value is -0.710. The van der Waals surface area contributed by atoms with Gasteiger partial charge >= 0.3 is 0 Å². The first-order valence-corrected chi connectivity index (χ1v) is 8.81. The van der Waals surface area contributed by atoms with Crippen molar-refractivity contribution in [2.75, 3.05) is 33.9 Å². The first-order chi connectivity index (χ1) is 10.3. The summed E-state index contributed by atoms with van der Waals surface area (Å²) in [6.45, 7) is 15.6. The fourth-order valence-corrected chi connectivity index (χ4v) is 2.52. The van der Waals surface area contributed by atoms with Crippen molar-refractivity contribution in [2.45, 2.75) is 51.2 Å². The smallest absolute Gasteiger partial charge is 0.115 e. The molecule has 0 amide bonds. The van der Waals surface area contributed by atoms with Gasteiger partial charge in [-0.25, -0.2) is 0 Å². The van der Waals surface area contributed by atoms with E-state index in [1.807, 2.05) is 26.0 Å². The average Bonchev–Trinajstić information content (AvgIpc) is 2.51. The molecule has 0 heterocycles. The maximum absolute atomic E-state index is 9.12. The summed E-state index contributed by atoms with van der Waals surface area (Å²) in [7, 11) is 3.82. The minimum absolute atomic E-state index is 0.0612. The van der Waals surface area contributed by atoms with E-state index in [9.17, 15) is 0 Å². The van der Waals surface area contributed by atoms with Crippen LogP contribution in [0.5, 0.6) is 5.75 Å². The van der Waals surface area contributed by atoms with E-state index in [0.29, 0.717) is 12.4 Å². The number of benzene rings is 1. The molecule has 3 nitrogen and oxygen atoms in total. The number of ether oxygens (including phenoxy) is 1. The summed E-state index contributed by atoms with van der Waals surface area (Å²) in [4.78, 5) is 3.39. The van der Waals surface area contributed by atoms with Gasteiger partial charge in [0.25, 0.3) is 0 Å². The zero-order valence-corrected chi connectivity index (χ0v) is 16.5. The highest BCUT2D eigenvalue weighted by atomic mass is 32.2. The third-order valence-electron chi connectivity index (χ3n) is 2.80. The van der Waals surface area contributed by atoms with E-state index >= 15 is 0 Å². The van der Waals surface area contributed by atoms with Crippen LogP contribution in [0.25, 0.3) is 0 Å². The molecule has 0 atom stereocenters. The molecule has 0 fully saturated rings. The topological polar surface area (TPSA) is 32.7 Å². The van der Waals surface area contributed by atoms with Gasteiger partial charge in [-0.05, 0) is 58.3 Å². The Morgan fingerprint density at radius 1 is 1.09 bits per heavy atom. The lowest BCUT2D eigenvalue weighted by Crippen LogP contribution is -2.21. The molecular weight excluding hydrogens is 294 g/mol. The Labute approximate surface area is 142 Å². The molecule has 1 rings (SSSR count). The van der Waals surface area contributed by atoms with Gasteiger partial charge in [-0.15, -0.1) is 11.8 Å². The minimum Gasteiger partial charge on any atom is -0.508 e. The van der Waals surface area contributed by atoms with E-state index in [0.717, 1.165) is 18.0 Å². The van der Waals surface area contributed by atoms with Crippen molar-refractivity contribution in [2.24, 2.45) is 0 Å². The lowest BCUT2D eigenvalue weighted by molar-refractivity contribution is 0.179. The van der Waals surface area contributed by atoms with Gasteiger partial charge in [-0.1, -0.05) is 27.7 Å². The number of phenolic OH excluding ortho intramolecular Hbond substituents is 1. The second kappa shape index (κ2) is 13.9. The van der Waals surface area contributed by atoms with Crippen molar-refractivity contribution in [1.29, 1.82) is 0 Å². The van der Waals surface area contributed by atoms with Crippen molar-refractivity contribution in [3.63, 3.8) is 0 Å². The van der Waals surface area contributed by atoms with Gasteiger partial charge in [0, 0.05) is 16.8 Å². The number of phenols is 1. The highest BCUT2D eigenvalue weighted by molar-refractivity contribution is 8.00. The van der Waals surface area contributed by atoms with Crippen LogP contribution in [-0.4, -0.2) is 48.6 Å². The molecule has 22 heavy (non-hydrogen) atoms. The van der Waals surface area contributed by atoms with Gasteiger partial charge in [-0.3, -0.25) is 0 Å². The van der Waals surface area contributed by atoms with E-state index in [1.165, 1.54) is 0 Å². The molecule has 0 aliphatic carbocycles. The van der Waals surface area contributed by atoms with Crippen LogP contribution in [0.3, 0.4) is 0 Å². The minimum atomic E-state index is 0.0612. The molecule has 0 spiro atoms. The molecular formula is C18H35NO2S. The SMILES string of the molecule is CC.CCN(C)CC.COCC(C)(C)Sc1ccc(O)cc1. The molecule has 0 aliphatic rings. The summed E-state index contributed by atoms with van der Waals surface area (Å²) in [5.74, 6) is 0.305. The second-order valence-corrected chi connectivity index (χ2v) is 7.06. The molecule has 0 aliphatic heterocycles. The largest absolute Gasteiger partial charge is 0.508 e. The van der Waals surface area contributed by atoms with E-state index in [2.05, 4.69) is 39.6 Å². The number of aromatic hydroxyl groups is 1. The van der Waals surface area contributed by atoms with Crippen LogP contribution < -0.4 is 0 Å². The lowest BCUT2D eigenvalue weighted by atomic mass is 10.2. The zero-order valence-electron chi connectivity index (χ0n) is 15.6. The Bertz CT molecular complexity index is 349. The van der Waals surface area contributed by atoms with Gasteiger partial charge in [0.05, 0.1) is 6.61 Å². The fraction of sp³-hybridized carbons (Fsp3) is 0.667. The van der Waals surface area contributed by atoms with E-state index in [-0.39, 0.29) is 4.75 Å². The highest BCUT2D eigenvalue weighted by Crippen LogP contribution is 2.33. The van der Waals surface area contributed by atoms with Crippen molar-refractivity contribution in [3.8, 4) is 5.75 Å². The van der Waals surface area contributed by atoms with Crippen molar-refractivity contribution < 1.29 is 9.84 Å². The standard InChI is InChI=1S/C11H16O2S.C5H13N.C2H6/c1-11(2,8-13-3)14-10-6-4-9(12)5-7-10;1-4-6(3)5-2;1-2/h4-7,12H,8H2,1-3H3;4-5H2,1-3H3;1-2H3. The highest BCUT2D eigenvalue weighted by Gasteiger charge is 2.18. The molecule has 0 saturated carbocycles. The van der Waals surface area contributed by atoms with Crippen LogP contribution in [0, 0.1) is 0 Å². The molecule has 0 aromatic heterocycles. The molecule has 0 unspecified atom stereocenters. The zero-order chi connectivity index (χ0) is 17.6. The van der Waals surface area contributed by atoms with Gasteiger partial charge in [0.2, 0.25) is 0 Å². The Balaban J connectivity index is 0. The Morgan fingerprint density at radius 2 is 1.55 bits per heavy atom. The number of hydrogen-bond donors (Lipinski definition) is 1. The first-order valence-electron chi connectivity index (χ1n) is 8.00. The maximum Gasteiger partial charge on any atom is 0.115 e. The summed E-state index contributed by atoms with van der Waals surface area (Å²) in [5, 5.41) is 9.12.